The zero-order valence-corrected chi connectivity index (χ0v) is 14.7. The van der Waals surface area contributed by atoms with Crippen LogP contribution in [0.1, 0.15) is 78.1 Å². The van der Waals surface area contributed by atoms with Gasteiger partial charge in [-0.3, -0.25) is 4.79 Å². The highest BCUT2D eigenvalue weighted by Crippen LogP contribution is 2.29. The number of aliphatic hydroxyl groups is 1. The van der Waals surface area contributed by atoms with Gasteiger partial charge in [-0.05, 0) is 25.7 Å². The molecule has 0 aromatic carbocycles. The van der Waals surface area contributed by atoms with Gasteiger partial charge in [-0.1, -0.05) is 64.5 Å². The molecule has 1 heterocycles. The van der Waals surface area contributed by atoms with Crippen molar-refractivity contribution in [3.8, 4) is 0 Å². The summed E-state index contributed by atoms with van der Waals surface area (Å²) in [5.41, 5.74) is 0. The average molecular weight is 326 g/mol. The van der Waals surface area contributed by atoms with Gasteiger partial charge in [0.2, 0.25) is 0 Å². The smallest absolute Gasteiger partial charge is 0.306 e. The number of aliphatic hydroxyl groups excluding tert-OH is 1. The van der Waals surface area contributed by atoms with Crippen LogP contribution in [0.15, 0.2) is 12.2 Å². The number of hydrogen-bond donors (Lipinski definition) is 2. The van der Waals surface area contributed by atoms with Crippen LogP contribution in [0.2, 0.25) is 0 Å². The molecular formula is C19H34O4. The molecule has 1 aliphatic rings. The second-order valence-electron chi connectivity index (χ2n) is 6.79. The molecule has 2 N–H and O–H groups in total. The molecule has 1 unspecified atom stereocenters. The maximum atomic E-state index is 10.7. The fourth-order valence-corrected chi connectivity index (χ4v) is 2.79. The van der Waals surface area contributed by atoms with Gasteiger partial charge in [-0.25, -0.2) is 0 Å². The van der Waals surface area contributed by atoms with Gasteiger partial charge in [-0.2, -0.15) is 0 Å². The lowest BCUT2D eigenvalue weighted by Crippen LogP contribution is -2.16. The lowest BCUT2D eigenvalue weighted by Gasteiger charge is -2.08. The quantitative estimate of drug-likeness (QED) is 0.283. The molecule has 1 aliphatic heterocycles. The van der Waals surface area contributed by atoms with Crippen LogP contribution >= 0.6 is 0 Å². The second kappa shape index (κ2) is 11.6. The molecule has 1 rings (SSSR count). The van der Waals surface area contributed by atoms with E-state index in [2.05, 4.69) is 19.1 Å². The zero-order valence-electron chi connectivity index (χ0n) is 14.7. The van der Waals surface area contributed by atoms with Crippen molar-refractivity contribution < 1.29 is 19.7 Å². The van der Waals surface area contributed by atoms with Crippen LogP contribution in [0.25, 0.3) is 0 Å². The Morgan fingerprint density at radius 3 is 2.48 bits per heavy atom. The number of ether oxygens (including phenoxy) is 1. The third-order valence-corrected chi connectivity index (χ3v) is 4.55. The van der Waals surface area contributed by atoms with E-state index < -0.39 is 5.97 Å². The molecule has 0 aromatic heterocycles. The Bertz CT molecular complexity index is 353. The van der Waals surface area contributed by atoms with Crippen molar-refractivity contribution in [1.82, 2.24) is 0 Å². The van der Waals surface area contributed by atoms with Crippen molar-refractivity contribution in [3.63, 3.8) is 0 Å². The van der Waals surface area contributed by atoms with Gasteiger partial charge in [0.1, 0.15) is 12.2 Å². The summed E-state index contributed by atoms with van der Waals surface area (Å²) in [6, 6.07) is 0. The van der Waals surface area contributed by atoms with Crippen molar-refractivity contribution in [2.45, 2.75) is 96.4 Å². The molecule has 4 heteroatoms. The minimum atomic E-state index is -0.708. The van der Waals surface area contributed by atoms with E-state index in [1.807, 2.05) is 0 Å². The Morgan fingerprint density at radius 2 is 1.83 bits per heavy atom. The molecule has 0 bridgehead atoms. The lowest BCUT2D eigenvalue weighted by molar-refractivity contribution is -0.141. The summed E-state index contributed by atoms with van der Waals surface area (Å²) in [6.45, 7) is 3.96. The summed E-state index contributed by atoms with van der Waals surface area (Å²) in [7, 11) is 0. The van der Waals surface area contributed by atoms with E-state index in [9.17, 15) is 9.90 Å². The fraction of sp³-hybridized carbons (Fsp3) is 0.842. The predicted octanol–water partition coefficient (Wildman–Crippen LogP) is 4.31. The normalized spacial score (nSPS) is 23.1. The Labute approximate surface area is 140 Å². The average Bonchev–Trinajstić information content (AvgIpc) is 3.29. The number of hydrogen-bond acceptors (Lipinski definition) is 3. The summed E-state index contributed by atoms with van der Waals surface area (Å²) in [6.07, 6.45) is 14.4. The summed E-state index contributed by atoms with van der Waals surface area (Å²) in [5, 5.41) is 18.9. The summed E-state index contributed by atoms with van der Waals surface area (Å²) in [5.74, 6) is -0.953. The van der Waals surface area contributed by atoms with Crippen LogP contribution < -0.4 is 0 Å². The topological polar surface area (TPSA) is 70.1 Å². The van der Waals surface area contributed by atoms with Crippen molar-refractivity contribution in [2.75, 3.05) is 0 Å². The molecular weight excluding hydrogens is 292 g/mol. The first-order valence-electron chi connectivity index (χ1n) is 9.29. The van der Waals surface area contributed by atoms with Crippen LogP contribution in [0.5, 0.6) is 0 Å². The Kier molecular flexibility index (Phi) is 10.2. The maximum absolute atomic E-state index is 10.7. The number of epoxide rings is 1. The Hall–Kier alpha value is -0.870. The number of carboxylic acids is 1. The van der Waals surface area contributed by atoms with E-state index in [-0.39, 0.29) is 24.2 Å². The van der Waals surface area contributed by atoms with Crippen molar-refractivity contribution in [1.29, 1.82) is 0 Å². The maximum Gasteiger partial charge on any atom is 0.306 e. The second-order valence-corrected chi connectivity index (χ2v) is 6.79. The molecule has 4 nitrogen and oxygen atoms in total. The minimum Gasteiger partial charge on any atom is -0.481 e. The molecule has 0 amide bonds. The molecule has 1 fully saturated rings. The van der Waals surface area contributed by atoms with Crippen molar-refractivity contribution in [2.24, 2.45) is 5.92 Å². The SMILES string of the molecule is CCCCC/C=C\[C@@H]1O[C@H]1[C@@H](O)CCCCCCC(C)C(=O)O. The molecule has 0 aliphatic carbocycles. The van der Waals surface area contributed by atoms with Gasteiger partial charge >= 0.3 is 5.97 Å². The standard InChI is InChI=1S/C19H34O4/c1-3-4-5-6-11-14-17-18(23-17)16(20)13-10-8-7-9-12-15(2)19(21)22/h11,14-18,20H,3-10,12-13H2,1-2H3,(H,21,22)/b14-11-/t15?,16-,17-,18-/m0/s1. The Balaban J connectivity index is 1.97. The highest BCUT2D eigenvalue weighted by molar-refractivity contribution is 5.69. The number of allylic oxidation sites excluding steroid dienone is 1. The van der Waals surface area contributed by atoms with E-state index in [0.717, 1.165) is 44.9 Å². The summed E-state index contributed by atoms with van der Waals surface area (Å²) in [4.78, 5) is 10.7. The van der Waals surface area contributed by atoms with Gasteiger partial charge in [0, 0.05) is 0 Å². The third kappa shape index (κ3) is 9.11. The van der Waals surface area contributed by atoms with Crippen molar-refractivity contribution >= 4 is 5.97 Å². The van der Waals surface area contributed by atoms with E-state index >= 15 is 0 Å². The van der Waals surface area contributed by atoms with E-state index in [1.54, 1.807) is 6.92 Å². The fourth-order valence-electron chi connectivity index (χ4n) is 2.79. The molecule has 23 heavy (non-hydrogen) atoms. The monoisotopic (exact) mass is 326 g/mol. The third-order valence-electron chi connectivity index (χ3n) is 4.55. The van der Waals surface area contributed by atoms with Crippen LogP contribution in [0.3, 0.4) is 0 Å². The largest absolute Gasteiger partial charge is 0.481 e. The number of carboxylic acid groups (broad SMARTS) is 1. The molecule has 0 saturated carbocycles. The predicted molar refractivity (Wildman–Crippen MR) is 92.5 cm³/mol. The van der Waals surface area contributed by atoms with Gasteiger partial charge in [0.15, 0.2) is 0 Å². The van der Waals surface area contributed by atoms with Crippen LogP contribution in [0, 0.1) is 5.92 Å². The molecule has 0 aromatic rings. The highest BCUT2D eigenvalue weighted by atomic mass is 16.6. The lowest BCUT2D eigenvalue weighted by atomic mass is 10.0. The number of rotatable bonds is 14. The Morgan fingerprint density at radius 1 is 1.13 bits per heavy atom. The number of carbonyl (C=O) groups is 1. The summed E-state index contributed by atoms with van der Waals surface area (Å²) < 4.78 is 5.52. The number of unbranched alkanes of at least 4 members (excludes halogenated alkanes) is 6. The van der Waals surface area contributed by atoms with Gasteiger partial charge in [0.25, 0.3) is 0 Å². The highest BCUT2D eigenvalue weighted by Gasteiger charge is 2.41. The van der Waals surface area contributed by atoms with E-state index in [1.165, 1.54) is 19.3 Å². The van der Waals surface area contributed by atoms with Gasteiger partial charge in [-0.15, -0.1) is 0 Å². The molecule has 4 atom stereocenters. The van der Waals surface area contributed by atoms with E-state index in [4.69, 9.17) is 9.84 Å². The molecule has 134 valence electrons. The van der Waals surface area contributed by atoms with Crippen molar-refractivity contribution in [3.05, 3.63) is 12.2 Å². The molecule has 1 saturated heterocycles. The van der Waals surface area contributed by atoms with Crippen LogP contribution in [-0.2, 0) is 9.53 Å². The summed E-state index contributed by atoms with van der Waals surface area (Å²) >= 11 is 0. The van der Waals surface area contributed by atoms with Gasteiger partial charge in [0.05, 0.1) is 12.0 Å². The minimum absolute atomic E-state index is 0.00976. The van der Waals surface area contributed by atoms with Crippen LogP contribution in [0.4, 0.5) is 0 Å². The molecule has 0 radical (unpaired) electrons. The number of aliphatic carboxylic acids is 1. The van der Waals surface area contributed by atoms with E-state index in [0.29, 0.717) is 0 Å². The zero-order chi connectivity index (χ0) is 17.1. The first kappa shape index (κ1) is 20.2. The van der Waals surface area contributed by atoms with Gasteiger partial charge < -0.3 is 14.9 Å². The first-order valence-corrected chi connectivity index (χ1v) is 9.29. The first-order chi connectivity index (χ1) is 11.1. The molecule has 0 spiro atoms. The van der Waals surface area contributed by atoms with Crippen LogP contribution in [-0.4, -0.2) is 34.5 Å².